The highest BCUT2D eigenvalue weighted by atomic mass is 32.2. The van der Waals surface area contributed by atoms with Crippen molar-refractivity contribution in [2.75, 3.05) is 5.75 Å². The van der Waals surface area contributed by atoms with Crippen molar-refractivity contribution in [3.63, 3.8) is 0 Å². The predicted molar refractivity (Wildman–Crippen MR) is 97.7 cm³/mol. The molecule has 1 amide bonds. The molecule has 5 heteroatoms. The normalized spacial score (nSPS) is 17.8. The van der Waals surface area contributed by atoms with Crippen LogP contribution in [-0.4, -0.2) is 26.5 Å². The van der Waals surface area contributed by atoms with Gasteiger partial charge in [-0.2, -0.15) is 0 Å². The molecule has 1 atom stereocenters. The predicted octanol–water partition coefficient (Wildman–Crippen LogP) is 3.90. The Morgan fingerprint density at radius 2 is 2.00 bits per heavy atom. The SMILES string of the molecule is CCc1ccc(C2SCC(=O)N2Cc2nc3ccccc3[nH]2)cc1. The summed E-state index contributed by atoms with van der Waals surface area (Å²) in [5, 5.41) is 0.0663. The maximum absolute atomic E-state index is 12.4. The number of para-hydroxylation sites is 2. The second-order valence-electron chi connectivity index (χ2n) is 5.98. The van der Waals surface area contributed by atoms with Gasteiger partial charge in [0.1, 0.15) is 11.2 Å². The molecule has 1 aromatic heterocycles. The molecular weight excluding hydrogens is 318 g/mol. The molecule has 122 valence electrons. The number of aryl methyl sites for hydroxylation is 1. The Hall–Kier alpha value is -2.27. The lowest BCUT2D eigenvalue weighted by Crippen LogP contribution is -2.28. The molecule has 3 aromatic rings. The summed E-state index contributed by atoms with van der Waals surface area (Å²) in [5.41, 5.74) is 4.45. The second-order valence-corrected chi connectivity index (χ2v) is 7.05. The van der Waals surface area contributed by atoms with Crippen molar-refractivity contribution < 1.29 is 4.79 Å². The minimum Gasteiger partial charge on any atom is -0.340 e. The van der Waals surface area contributed by atoms with E-state index in [-0.39, 0.29) is 11.3 Å². The van der Waals surface area contributed by atoms with E-state index in [1.165, 1.54) is 11.1 Å². The first-order valence-corrected chi connectivity index (χ1v) is 9.23. The van der Waals surface area contributed by atoms with Crippen LogP contribution in [0.1, 0.15) is 29.2 Å². The maximum Gasteiger partial charge on any atom is 0.234 e. The van der Waals surface area contributed by atoms with Gasteiger partial charge in [-0.3, -0.25) is 4.79 Å². The zero-order valence-electron chi connectivity index (χ0n) is 13.5. The Kier molecular flexibility index (Phi) is 4.02. The van der Waals surface area contributed by atoms with E-state index in [0.29, 0.717) is 12.3 Å². The number of hydrogen-bond donors (Lipinski definition) is 1. The smallest absolute Gasteiger partial charge is 0.234 e. The number of carbonyl (C=O) groups is 1. The van der Waals surface area contributed by atoms with E-state index >= 15 is 0 Å². The van der Waals surface area contributed by atoms with Crippen LogP contribution in [0, 0.1) is 0 Å². The fraction of sp³-hybridized carbons (Fsp3) is 0.263. The van der Waals surface area contributed by atoms with Crippen LogP contribution in [0.25, 0.3) is 11.0 Å². The number of nitrogens with one attached hydrogen (secondary N) is 1. The number of amides is 1. The standard InChI is InChI=1S/C19H19N3OS/c1-2-13-7-9-14(10-8-13)19-22(18(23)12-24-19)11-17-20-15-5-3-4-6-16(15)21-17/h3-10,19H,2,11-12H2,1H3,(H,20,21). The summed E-state index contributed by atoms with van der Waals surface area (Å²) in [6.07, 6.45) is 1.03. The Labute approximate surface area is 145 Å². The third-order valence-electron chi connectivity index (χ3n) is 4.40. The zero-order chi connectivity index (χ0) is 16.5. The first-order chi connectivity index (χ1) is 11.7. The molecule has 2 heterocycles. The summed E-state index contributed by atoms with van der Waals surface area (Å²) in [7, 11) is 0. The van der Waals surface area contributed by atoms with Crippen LogP contribution in [0.5, 0.6) is 0 Å². The number of fused-ring (bicyclic) bond motifs is 1. The number of H-pyrrole nitrogens is 1. The molecule has 1 saturated heterocycles. The minimum atomic E-state index is 0.0663. The molecule has 1 unspecified atom stereocenters. The van der Waals surface area contributed by atoms with Crippen LogP contribution < -0.4 is 0 Å². The lowest BCUT2D eigenvalue weighted by molar-refractivity contribution is -0.128. The van der Waals surface area contributed by atoms with Crippen molar-refractivity contribution in [3.05, 3.63) is 65.5 Å². The Balaban J connectivity index is 1.60. The zero-order valence-corrected chi connectivity index (χ0v) is 14.3. The lowest BCUT2D eigenvalue weighted by atomic mass is 10.1. The Morgan fingerprint density at radius 3 is 2.75 bits per heavy atom. The molecule has 0 saturated carbocycles. The lowest BCUT2D eigenvalue weighted by Gasteiger charge is -2.23. The number of nitrogens with zero attached hydrogens (tertiary/aromatic N) is 2. The summed E-state index contributed by atoms with van der Waals surface area (Å²) in [6.45, 7) is 2.66. The maximum atomic E-state index is 12.4. The third kappa shape index (κ3) is 2.80. The fourth-order valence-electron chi connectivity index (χ4n) is 3.06. The van der Waals surface area contributed by atoms with Crippen molar-refractivity contribution in [2.45, 2.75) is 25.3 Å². The molecule has 1 fully saturated rings. The minimum absolute atomic E-state index is 0.0663. The molecule has 4 rings (SSSR count). The van der Waals surface area contributed by atoms with Gasteiger partial charge in [-0.1, -0.05) is 43.3 Å². The van der Waals surface area contributed by atoms with Gasteiger partial charge in [-0.15, -0.1) is 11.8 Å². The average Bonchev–Trinajstić information content (AvgIpc) is 3.19. The number of carbonyl (C=O) groups excluding carboxylic acids is 1. The quantitative estimate of drug-likeness (QED) is 0.785. The number of aromatic nitrogens is 2. The van der Waals surface area contributed by atoms with Crippen molar-refractivity contribution in [2.24, 2.45) is 0 Å². The Morgan fingerprint density at radius 1 is 1.21 bits per heavy atom. The van der Waals surface area contributed by atoms with Crippen LogP contribution in [0.15, 0.2) is 48.5 Å². The third-order valence-corrected chi connectivity index (χ3v) is 5.66. The molecule has 0 aliphatic carbocycles. The van der Waals surface area contributed by atoms with E-state index in [1.54, 1.807) is 11.8 Å². The van der Waals surface area contributed by atoms with Gasteiger partial charge in [0.15, 0.2) is 0 Å². The number of aromatic amines is 1. The van der Waals surface area contributed by atoms with Crippen molar-refractivity contribution >= 4 is 28.7 Å². The van der Waals surface area contributed by atoms with Crippen LogP contribution in [0.2, 0.25) is 0 Å². The van der Waals surface area contributed by atoms with Gasteiger partial charge in [0.05, 0.1) is 23.3 Å². The summed E-state index contributed by atoms with van der Waals surface area (Å²) in [5.74, 6) is 1.53. The van der Waals surface area contributed by atoms with E-state index < -0.39 is 0 Å². The van der Waals surface area contributed by atoms with Crippen molar-refractivity contribution in [3.8, 4) is 0 Å². The number of rotatable bonds is 4. The highest BCUT2D eigenvalue weighted by Crippen LogP contribution is 2.39. The van der Waals surface area contributed by atoms with E-state index in [4.69, 9.17) is 0 Å². The Bertz CT molecular complexity index is 839. The molecule has 24 heavy (non-hydrogen) atoms. The van der Waals surface area contributed by atoms with Gasteiger partial charge in [0.2, 0.25) is 5.91 Å². The first-order valence-electron chi connectivity index (χ1n) is 8.18. The number of benzene rings is 2. The van der Waals surface area contributed by atoms with Gasteiger partial charge in [0, 0.05) is 0 Å². The summed E-state index contributed by atoms with van der Waals surface area (Å²) >= 11 is 1.69. The van der Waals surface area contributed by atoms with Crippen LogP contribution in [0.4, 0.5) is 0 Å². The number of thioether (sulfide) groups is 1. The van der Waals surface area contributed by atoms with E-state index in [1.807, 2.05) is 29.2 Å². The summed E-state index contributed by atoms with van der Waals surface area (Å²) in [4.78, 5) is 22.2. The number of hydrogen-bond acceptors (Lipinski definition) is 3. The topological polar surface area (TPSA) is 49.0 Å². The van der Waals surface area contributed by atoms with Gasteiger partial charge in [-0.25, -0.2) is 4.98 Å². The molecule has 0 bridgehead atoms. The highest BCUT2D eigenvalue weighted by molar-refractivity contribution is 8.00. The first kappa shape index (κ1) is 15.3. The van der Waals surface area contributed by atoms with Crippen LogP contribution in [0.3, 0.4) is 0 Å². The molecule has 1 aliphatic heterocycles. The molecule has 1 N–H and O–H groups in total. The molecule has 0 spiro atoms. The monoisotopic (exact) mass is 337 g/mol. The largest absolute Gasteiger partial charge is 0.340 e. The van der Waals surface area contributed by atoms with Gasteiger partial charge < -0.3 is 9.88 Å². The molecule has 1 aliphatic rings. The molecule has 0 radical (unpaired) electrons. The van der Waals surface area contributed by atoms with Crippen LogP contribution >= 0.6 is 11.8 Å². The molecule has 2 aromatic carbocycles. The van der Waals surface area contributed by atoms with Crippen molar-refractivity contribution in [1.82, 2.24) is 14.9 Å². The van der Waals surface area contributed by atoms with E-state index in [2.05, 4.69) is 41.2 Å². The van der Waals surface area contributed by atoms with Gasteiger partial charge >= 0.3 is 0 Å². The second kappa shape index (κ2) is 6.32. The van der Waals surface area contributed by atoms with Gasteiger partial charge in [0.25, 0.3) is 0 Å². The summed E-state index contributed by atoms with van der Waals surface area (Å²) < 4.78 is 0. The highest BCUT2D eigenvalue weighted by Gasteiger charge is 2.33. The fourth-order valence-corrected chi connectivity index (χ4v) is 4.25. The number of imidazole rings is 1. The van der Waals surface area contributed by atoms with Gasteiger partial charge in [-0.05, 0) is 29.7 Å². The van der Waals surface area contributed by atoms with Crippen LogP contribution in [-0.2, 0) is 17.8 Å². The molecular formula is C19H19N3OS. The molecule has 4 nitrogen and oxygen atoms in total. The van der Waals surface area contributed by atoms with E-state index in [9.17, 15) is 4.79 Å². The average molecular weight is 337 g/mol. The van der Waals surface area contributed by atoms with Crippen molar-refractivity contribution in [1.29, 1.82) is 0 Å². The summed E-state index contributed by atoms with van der Waals surface area (Å²) in [6, 6.07) is 16.5. The van der Waals surface area contributed by atoms with E-state index in [0.717, 1.165) is 23.3 Å².